The second kappa shape index (κ2) is 5.81. The molecule has 0 aliphatic heterocycles. The number of ether oxygens (including phenoxy) is 2. The predicted octanol–water partition coefficient (Wildman–Crippen LogP) is 3.44. The van der Waals surface area contributed by atoms with Gasteiger partial charge in [0, 0.05) is 34.8 Å². The van der Waals surface area contributed by atoms with Gasteiger partial charge in [-0.2, -0.15) is 0 Å². The van der Waals surface area contributed by atoms with E-state index >= 15 is 0 Å². The summed E-state index contributed by atoms with van der Waals surface area (Å²) in [6.45, 7) is 0. The summed E-state index contributed by atoms with van der Waals surface area (Å²) in [4.78, 5) is 15.5. The van der Waals surface area contributed by atoms with Crippen LogP contribution in [0.3, 0.4) is 0 Å². The van der Waals surface area contributed by atoms with Gasteiger partial charge in [-0.05, 0) is 12.1 Å². The monoisotopic (exact) mass is 296 g/mol. The molecular weight excluding hydrogens is 280 g/mol. The summed E-state index contributed by atoms with van der Waals surface area (Å²) in [5, 5.41) is 3.83. The molecule has 3 rings (SSSR count). The van der Waals surface area contributed by atoms with Gasteiger partial charge in [0.15, 0.2) is 0 Å². The first kappa shape index (κ1) is 14.0. The molecule has 2 aromatic carbocycles. The zero-order valence-electron chi connectivity index (χ0n) is 12.3. The smallest absolute Gasteiger partial charge is 0.272 e. The highest BCUT2D eigenvalue weighted by Crippen LogP contribution is 2.26. The topological polar surface area (TPSA) is 63.3 Å². The Kier molecular flexibility index (Phi) is 3.70. The molecule has 22 heavy (non-hydrogen) atoms. The maximum Gasteiger partial charge on any atom is 0.272 e. The molecule has 0 spiro atoms. The van der Waals surface area contributed by atoms with Crippen LogP contribution in [0.15, 0.2) is 48.5 Å². The molecule has 5 nitrogen and oxygen atoms in total. The SMILES string of the molecule is COc1cc(NC(=O)c2cc3ccccc3[nH]2)cc(OC)c1. The fourth-order valence-corrected chi connectivity index (χ4v) is 2.27. The molecular formula is C17H16N2O3. The van der Waals surface area contributed by atoms with Gasteiger partial charge in [0.1, 0.15) is 17.2 Å². The Balaban J connectivity index is 1.87. The average Bonchev–Trinajstić information content (AvgIpc) is 2.98. The number of hydrogen-bond acceptors (Lipinski definition) is 3. The number of carbonyl (C=O) groups excluding carboxylic acids is 1. The summed E-state index contributed by atoms with van der Waals surface area (Å²) in [5.74, 6) is 1.02. The van der Waals surface area contributed by atoms with Gasteiger partial charge in [-0.1, -0.05) is 18.2 Å². The van der Waals surface area contributed by atoms with E-state index in [1.54, 1.807) is 32.4 Å². The molecule has 112 valence electrons. The zero-order valence-corrected chi connectivity index (χ0v) is 12.3. The molecule has 1 amide bonds. The molecule has 0 aliphatic carbocycles. The van der Waals surface area contributed by atoms with Crippen molar-refractivity contribution in [1.29, 1.82) is 0 Å². The number of methoxy groups -OCH3 is 2. The van der Waals surface area contributed by atoms with Crippen LogP contribution in [-0.4, -0.2) is 25.1 Å². The van der Waals surface area contributed by atoms with Crippen molar-refractivity contribution in [1.82, 2.24) is 4.98 Å². The standard InChI is InChI=1S/C17H16N2O3/c1-21-13-8-12(9-14(10-13)22-2)18-17(20)16-7-11-5-3-4-6-15(11)19-16/h3-10,19H,1-2H3,(H,18,20). The molecule has 0 radical (unpaired) electrons. The summed E-state index contributed by atoms with van der Waals surface area (Å²) in [7, 11) is 3.14. The van der Waals surface area contributed by atoms with E-state index in [0.717, 1.165) is 10.9 Å². The van der Waals surface area contributed by atoms with Crippen molar-refractivity contribution in [2.75, 3.05) is 19.5 Å². The number of para-hydroxylation sites is 1. The average molecular weight is 296 g/mol. The van der Waals surface area contributed by atoms with E-state index in [2.05, 4.69) is 10.3 Å². The van der Waals surface area contributed by atoms with Gasteiger partial charge in [-0.15, -0.1) is 0 Å². The Bertz CT molecular complexity index is 768. The fraction of sp³-hybridized carbons (Fsp3) is 0.118. The van der Waals surface area contributed by atoms with Crippen molar-refractivity contribution < 1.29 is 14.3 Å². The van der Waals surface area contributed by atoms with Crippen molar-refractivity contribution in [3.63, 3.8) is 0 Å². The van der Waals surface area contributed by atoms with Crippen LogP contribution in [-0.2, 0) is 0 Å². The van der Waals surface area contributed by atoms with Crippen LogP contribution in [0, 0.1) is 0 Å². The zero-order chi connectivity index (χ0) is 15.5. The van der Waals surface area contributed by atoms with Crippen molar-refractivity contribution in [3.8, 4) is 11.5 Å². The maximum absolute atomic E-state index is 12.4. The predicted molar refractivity (Wildman–Crippen MR) is 85.8 cm³/mol. The van der Waals surface area contributed by atoms with Gasteiger partial charge in [0.25, 0.3) is 5.91 Å². The molecule has 0 atom stereocenters. The second-order valence-corrected chi connectivity index (χ2v) is 4.83. The third-order valence-electron chi connectivity index (χ3n) is 3.38. The van der Waals surface area contributed by atoms with Crippen molar-refractivity contribution in [3.05, 3.63) is 54.2 Å². The fourth-order valence-electron chi connectivity index (χ4n) is 2.27. The number of hydrogen-bond donors (Lipinski definition) is 2. The highest BCUT2D eigenvalue weighted by Gasteiger charge is 2.11. The lowest BCUT2D eigenvalue weighted by molar-refractivity contribution is 0.102. The normalized spacial score (nSPS) is 10.5. The van der Waals surface area contributed by atoms with E-state index in [4.69, 9.17) is 9.47 Å². The molecule has 3 aromatic rings. The molecule has 1 aromatic heterocycles. The van der Waals surface area contributed by atoms with E-state index < -0.39 is 0 Å². The Morgan fingerprint density at radius 2 is 1.68 bits per heavy atom. The van der Waals surface area contributed by atoms with Gasteiger partial charge in [0.05, 0.1) is 14.2 Å². The molecule has 0 unspecified atom stereocenters. The first-order chi connectivity index (χ1) is 10.7. The summed E-state index contributed by atoms with van der Waals surface area (Å²) < 4.78 is 10.4. The number of nitrogens with one attached hydrogen (secondary N) is 2. The number of fused-ring (bicyclic) bond motifs is 1. The van der Waals surface area contributed by atoms with E-state index in [9.17, 15) is 4.79 Å². The maximum atomic E-state index is 12.4. The van der Waals surface area contributed by atoms with Crippen LogP contribution in [0.25, 0.3) is 10.9 Å². The highest BCUT2D eigenvalue weighted by atomic mass is 16.5. The Morgan fingerprint density at radius 3 is 2.32 bits per heavy atom. The lowest BCUT2D eigenvalue weighted by Crippen LogP contribution is -2.12. The number of H-pyrrole nitrogens is 1. The van der Waals surface area contributed by atoms with E-state index in [-0.39, 0.29) is 5.91 Å². The third-order valence-corrected chi connectivity index (χ3v) is 3.38. The van der Waals surface area contributed by atoms with Crippen LogP contribution in [0.1, 0.15) is 10.5 Å². The number of rotatable bonds is 4. The Morgan fingerprint density at radius 1 is 1.00 bits per heavy atom. The largest absolute Gasteiger partial charge is 0.497 e. The molecule has 5 heteroatoms. The molecule has 0 saturated carbocycles. The molecule has 1 heterocycles. The van der Waals surface area contributed by atoms with Crippen LogP contribution in [0.4, 0.5) is 5.69 Å². The minimum Gasteiger partial charge on any atom is -0.497 e. The summed E-state index contributed by atoms with van der Waals surface area (Å²) in [5.41, 5.74) is 2.04. The number of carbonyl (C=O) groups is 1. The first-order valence-corrected chi connectivity index (χ1v) is 6.82. The van der Waals surface area contributed by atoms with Crippen LogP contribution < -0.4 is 14.8 Å². The Hall–Kier alpha value is -2.95. The molecule has 0 bridgehead atoms. The molecule has 0 aliphatic rings. The molecule has 2 N–H and O–H groups in total. The van der Waals surface area contributed by atoms with Crippen molar-refractivity contribution >= 4 is 22.5 Å². The molecule has 0 fully saturated rings. The van der Waals surface area contributed by atoms with Crippen LogP contribution in [0.5, 0.6) is 11.5 Å². The number of aromatic nitrogens is 1. The van der Waals surface area contributed by atoms with Gasteiger partial charge in [-0.3, -0.25) is 4.79 Å². The number of anilines is 1. The number of aromatic amines is 1. The van der Waals surface area contributed by atoms with E-state index in [1.165, 1.54) is 0 Å². The summed E-state index contributed by atoms with van der Waals surface area (Å²) >= 11 is 0. The number of benzene rings is 2. The summed E-state index contributed by atoms with van der Waals surface area (Å²) in [6, 6.07) is 14.8. The van der Waals surface area contributed by atoms with Crippen molar-refractivity contribution in [2.45, 2.75) is 0 Å². The second-order valence-electron chi connectivity index (χ2n) is 4.83. The van der Waals surface area contributed by atoms with Gasteiger partial charge >= 0.3 is 0 Å². The third kappa shape index (κ3) is 2.74. The van der Waals surface area contributed by atoms with E-state index in [0.29, 0.717) is 22.9 Å². The van der Waals surface area contributed by atoms with Crippen LogP contribution in [0.2, 0.25) is 0 Å². The minimum absolute atomic E-state index is 0.216. The minimum atomic E-state index is -0.216. The lowest BCUT2D eigenvalue weighted by atomic mass is 10.2. The van der Waals surface area contributed by atoms with Gasteiger partial charge in [0.2, 0.25) is 0 Å². The lowest BCUT2D eigenvalue weighted by Gasteiger charge is -2.09. The summed E-state index contributed by atoms with van der Waals surface area (Å²) in [6.07, 6.45) is 0. The van der Waals surface area contributed by atoms with Crippen LogP contribution >= 0.6 is 0 Å². The molecule has 0 saturated heterocycles. The highest BCUT2D eigenvalue weighted by molar-refractivity contribution is 6.06. The van der Waals surface area contributed by atoms with E-state index in [1.807, 2.05) is 30.3 Å². The van der Waals surface area contributed by atoms with Gasteiger partial charge in [-0.25, -0.2) is 0 Å². The Labute approximate surface area is 127 Å². The van der Waals surface area contributed by atoms with Crippen molar-refractivity contribution in [2.24, 2.45) is 0 Å². The quantitative estimate of drug-likeness (QED) is 0.775. The van der Waals surface area contributed by atoms with Gasteiger partial charge < -0.3 is 19.8 Å². The first-order valence-electron chi connectivity index (χ1n) is 6.82. The number of amides is 1.